The molecular weight excluding hydrogens is 122 g/mol. The van der Waals surface area contributed by atoms with E-state index in [0.717, 1.165) is 0 Å². The topological polar surface area (TPSA) is 61.9 Å². The molecule has 4 heteroatoms. The molecule has 2 fully saturated rings. The second-order valence-electron chi connectivity index (χ2n) is 2.36. The van der Waals surface area contributed by atoms with Crippen LogP contribution in [0.3, 0.4) is 0 Å². The average molecular weight is 129 g/mol. The summed E-state index contributed by atoms with van der Waals surface area (Å²) in [7, 11) is 0. The molecule has 0 aromatic rings. The second kappa shape index (κ2) is 1.46. The Morgan fingerprint density at radius 2 is 2.56 bits per heavy atom. The van der Waals surface area contributed by atoms with Crippen LogP contribution in [0.5, 0.6) is 0 Å². The predicted octanol–water partition coefficient (Wildman–Crippen LogP) is -1.19. The van der Waals surface area contributed by atoms with Crippen LogP contribution in [0.15, 0.2) is 0 Å². The number of carboxylic acids is 1. The number of hydrogen-bond donors (Lipinski definition) is 2. The van der Waals surface area contributed by atoms with Gasteiger partial charge in [0.1, 0.15) is 12.1 Å². The van der Waals surface area contributed by atoms with Gasteiger partial charge in [0.2, 0.25) is 0 Å². The molecule has 50 valence electrons. The Kier molecular flexibility index (Phi) is 0.841. The fourth-order valence-corrected chi connectivity index (χ4v) is 1.20. The first-order valence-corrected chi connectivity index (χ1v) is 2.90. The number of aliphatic carboxylic acids is 1. The molecule has 0 aliphatic carbocycles. The summed E-state index contributed by atoms with van der Waals surface area (Å²) in [6.45, 7) is 0.696. The maximum atomic E-state index is 10.3. The van der Waals surface area contributed by atoms with Crippen molar-refractivity contribution in [3.63, 3.8) is 0 Å². The van der Waals surface area contributed by atoms with Gasteiger partial charge in [-0.15, -0.1) is 0 Å². The molecular formula is C5H7NO3. The molecule has 2 heterocycles. The Morgan fingerprint density at radius 1 is 1.78 bits per heavy atom. The van der Waals surface area contributed by atoms with Gasteiger partial charge in [0.05, 0.1) is 6.10 Å². The summed E-state index contributed by atoms with van der Waals surface area (Å²) < 4.78 is 4.98. The van der Waals surface area contributed by atoms with E-state index in [0.29, 0.717) is 6.54 Å². The lowest BCUT2D eigenvalue weighted by Crippen LogP contribution is -2.36. The highest BCUT2D eigenvalue weighted by molar-refractivity contribution is 5.75. The van der Waals surface area contributed by atoms with Crippen LogP contribution in [-0.2, 0) is 9.53 Å². The Morgan fingerprint density at radius 3 is 2.78 bits per heavy atom. The molecule has 0 bridgehead atoms. The van der Waals surface area contributed by atoms with Gasteiger partial charge < -0.3 is 9.84 Å². The molecule has 2 saturated heterocycles. The molecule has 0 amide bonds. The lowest BCUT2D eigenvalue weighted by Gasteiger charge is -2.03. The molecule has 4 nitrogen and oxygen atoms in total. The quantitative estimate of drug-likeness (QED) is 0.437. The third-order valence-corrected chi connectivity index (χ3v) is 1.76. The number of fused-ring (bicyclic) bond motifs is 1. The summed E-state index contributed by atoms with van der Waals surface area (Å²) in [6, 6.07) is -0.449. The number of hydrogen-bond acceptors (Lipinski definition) is 3. The number of nitrogens with one attached hydrogen (secondary N) is 1. The van der Waals surface area contributed by atoms with E-state index in [4.69, 9.17) is 9.84 Å². The molecule has 1 unspecified atom stereocenters. The highest BCUT2D eigenvalue weighted by Crippen LogP contribution is 2.29. The van der Waals surface area contributed by atoms with Crippen molar-refractivity contribution in [1.82, 2.24) is 5.32 Å². The molecule has 0 radical (unpaired) electrons. The first kappa shape index (κ1) is 5.20. The van der Waals surface area contributed by atoms with Crippen molar-refractivity contribution < 1.29 is 14.6 Å². The number of rotatable bonds is 1. The van der Waals surface area contributed by atoms with Gasteiger partial charge in [-0.05, 0) is 0 Å². The van der Waals surface area contributed by atoms with Crippen molar-refractivity contribution in [2.24, 2.45) is 0 Å². The molecule has 2 N–H and O–H groups in total. The van der Waals surface area contributed by atoms with Crippen molar-refractivity contribution in [3.8, 4) is 0 Å². The smallest absolute Gasteiger partial charge is 0.323 e. The minimum absolute atomic E-state index is 0.0394. The summed E-state index contributed by atoms with van der Waals surface area (Å²) in [5.74, 6) is -0.806. The number of carboxylic acid groups (broad SMARTS) is 1. The summed E-state index contributed by atoms with van der Waals surface area (Å²) in [5, 5.41) is 11.3. The van der Waals surface area contributed by atoms with Crippen LogP contribution in [0.4, 0.5) is 0 Å². The minimum atomic E-state index is -0.806. The van der Waals surface area contributed by atoms with Gasteiger partial charge in [-0.1, -0.05) is 0 Å². The Labute approximate surface area is 51.8 Å². The van der Waals surface area contributed by atoms with Crippen LogP contribution >= 0.6 is 0 Å². The molecule has 2 aliphatic rings. The minimum Gasteiger partial charge on any atom is -0.480 e. The van der Waals surface area contributed by atoms with E-state index in [1.165, 1.54) is 0 Å². The van der Waals surface area contributed by atoms with Crippen molar-refractivity contribution in [2.45, 2.75) is 18.2 Å². The van der Waals surface area contributed by atoms with E-state index in [1.807, 2.05) is 0 Å². The fraction of sp³-hybridized carbons (Fsp3) is 0.800. The van der Waals surface area contributed by atoms with Crippen LogP contribution in [-0.4, -0.2) is 35.9 Å². The summed E-state index contributed by atoms with van der Waals surface area (Å²) in [4.78, 5) is 10.3. The first-order chi connectivity index (χ1) is 4.29. The third kappa shape index (κ3) is 0.635. The fourth-order valence-electron chi connectivity index (χ4n) is 1.20. The molecule has 0 saturated carbocycles. The maximum absolute atomic E-state index is 10.3. The Bertz CT molecular complexity index is 158. The summed E-state index contributed by atoms with van der Waals surface area (Å²) in [5.41, 5.74) is 0. The summed E-state index contributed by atoms with van der Waals surface area (Å²) >= 11 is 0. The van der Waals surface area contributed by atoms with E-state index in [9.17, 15) is 4.79 Å². The van der Waals surface area contributed by atoms with Gasteiger partial charge in [0.15, 0.2) is 0 Å². The van der Waals surface area contributed by atoms with Gasteiger partial charge in [0.25, 0.3) is 0 Å². The predicted molar refractivity (Wildman–Crippen MR) is 28.1 cm³/mol. The highest BCUT2D eigenvalue weighted by Gasteiger charge is 2.53. The SMILES string of the molecule is O=C(O)C1NC[C@H]2O[C@@H]12. The van der Waals surface area contributed by atoms with Crippen LogP contribution < -0.4 is 5.32 Å². The number of epoxide rings is 1. The van der Waals surface area contributed by atoms with Crippen LogP contribution in [0.25, 0.3) is 0 Å². The lowest BCUT2D eigenvalue weighted by atomic mass is 10.2. The van der Waals surface area contributed by atoms with Crippen LogP contribution in [0.1, 0.15) is 0 Å². The Balaban J connectivity index is 2.06. The number of carbonyl (C=O) groups is 1. The molecule has 9 heavy (non-hydrogen) atoms. The highest BCUT2D eigenvalue weighted by atomic mass is 16.6. The summed E-state index contributed by atoms with van der Waals surface area (Å²) in [6.07, 6.45) is 0.147. The second-order valence-corrected chi connectivity index (χ2v) is 2.36. The first-order valence-electron chi connectivity index (χ1n) is 2.90. The standard InChI is InChI=1S/C5H7NO3/c7-5(8)3-4-2(9-4)1-6-3/h2-4,6H,1H2,(H,7,8)/t2-,3?,4-/m1/s1. The molecule has 0 spiro atoms. The largest absolute Gasteiger partial charge is 0.480 e. The zero-order valence-corrected chi connectivity index (χ0v) is 4.70. The van der Waals surface area contributed by atoms with Gasteiger partial charge in [0, 0.05) is 6.54 Å². The molecule has 0 aromatic carbocycles. The van der Waals surface area contributed by atoms with Crippen LogP contribution in [0.2, 0.25) is 0 Å². The zero-order chi connectivity index (χ0) is 6.43. The van der Waals surface area contributed by atoms with Gasteiger partial charge in [-0.3, -0.25) is 10.1 Å². The molecule has 2 aliphatic heterocycles. The number of ether oxygens (including phenoxy) is 1. The molecule has 0 aromatic heterocycles. The van der Waals surface area contributed by atoms with E-state index < -0.39 is 12.0 Å². The van der Waals surface area contributed by atoms with Gasteiger partial charge in [-0.2, -0.15) is 0 Å². The van der Waals surface area contributed by atoms with Gasteiger partial charge >= 0.3 is 5.97 Å². The number of morpholine rings is 1. The van der Waals surface area contributed by atoms with Gasteiger partial charge in [-0.25, -0.2) is 0 Å². The van der Waals surface area contributed by atoms with Crippen molar-refractivity contribution in [2.75, 3.05) is 6.54 Å². The van der Waals surface area contributed by atoms with Crippen molar-refractivity contribution >= 4 is 5.97 Å². The van der Waals surface area contributed by atoms with Crippen molar-refractivity contribution in [1.29, 1.82) is 0 Å². The van der Waals surface area contributed by atoms with E-state index in [1.54, 1.807) is 0 Å². The van der Waals surface area contributed by atoms with Crippen LogP contribution in [0, 0.1) is 0 Å². The lowest BCUT2D eigenvalue weighted by molar-refractivity contribution is -0.139. The maximum Gasteiger partial charge on any atom is 0.323 e. The van der Waals surface area contributed by atoms with E-state index in [-0.39, 0.29) is 12.2 Å². The van der Waals surface area contributed by atoms with Crippen molar-refractivity contribution in [3.05, 3.63) is 0 Å². The normalized spacial score (nSPS) is 46.4. The van der Waals surface area contributed by atoms with E-state index in [2.05, 4.69) is 5.32 Å². The third-order valence-electron chi connectivity index (χ3n) is 1.76. The van der Waals surface area contributed by atoms with E-state index >= 15 is 0 Å². The molecule has 3 atom stereocenters. The monoisotopic (exact) mass is 129 g/mol. The zero-order valence-electron chi connectivity index (χ0n) is 4.70. The Hall–Kier alpha value is -0.610. The molecule has 2 rings (SSSR count). The average Bonchev–Trinajstić information content (AvgIpc) is 2.43.